The predicted molar refractivity (Wildman–Crippen MR) is 99.6 cm³/mol. The molecule has 2 aliphatic heterocycles. The highest BCUT2D eigenvalue weighted by Gasteiger charge is 2.53. The second kappa shape index (κ2) is 6.80. The van der Waals surface area contributed by atoms with Gasteiger partial charge in [-0.1, -0.05) is 6.07 Å². The van der Waals surface area contributed by atoms with E-state index in [1.54, 1.807) is 7.11 Å². The molecule has 1 aliphatic carbocycles. The van der Waals surface area contributed by atoms with Gasteiger partial charge >= 0.3 is 6.03 Å². The Kier molecular flexibility index (Phi) is 4.60. The van der Waals surface area contributed by atoms with E-state index in [0.717, 1.165) is 31.6 Å². The molecule has 146 valence electrons. The number of hydrogen-bond acceptors (Lipinski definition) is 5. The van der Waals surface area contributed by atoms with Crippen molar-refractivity contribution in [3.63, 3.8) is 0 Å². The molecule has 2 heterocycles. The molecule has 4 rings (SSSR count). The van der Waals surface area contributed by atoms with Crippen LogP contribution in [0.5, 0.6) is 5.75 Å². The summed E-state index contributed by atoms with van der Waals surface area (Å²) < 4.78 is 5.35. The molecule has 0 aromatic heterocycles. The Morgan fingerprint density at radius 3 is 2.59 bits per heavy atom. The summed E-state index contributed by atoms with van der Waals surface area (Å²) in [7, 11) is 1.67. The number of aryl methyl sites for hydroxylation is 1. The van der Waals surface area contributed by atoms with Gasteiger partial charge in [-0.05, 0) is 74.8 Å². The Morgan fingerprint density at radius 2 is 1.93 bits per heavy atom. The van der Waals surface area contributed by atoms with Crippen molar-refractivity contribution in [3.8, 4) is 5.75 Å². The van der Waals surface area contributed by atoms with Crippen LogP contribution in [0.1, 0.15) is 43.2 Å². The molecule has 1 atom stereocenters. The molecule has 7 nitrogen and oxygen atoms in total. The molecule has 1 saturated heterocycles. The molecule has 1 spiro atoms. The largest absolute Gasteiger partial charge is 0.497 e. The lowest BCUT2D eigenvalue weighted by Crippen LogP contribution is -2.60. The van der Waals surface area contributed by atoms with Crippen molar-refractivity contribution in [2.45, 2.75) is 62.1 Å². The van der Waals surface area contributed by atoms with Crippen molar-refractivity contribution in [2.24, 2.45) is 0 Å². The number of fused-ring (bicyclic) bond motifs is 1. The minimum Gasteiger partial charge on any atom is -0.497 e. The third kappa shape index (κ3) is 3.30. The van der Waals surface area contributed by atoms with Gasteiger partial charge in [-0.2, -0.15) is 0 Å². The number of amides is 3. The molecule has 1 saturated carbocycles. The summed E-state index contributed by atoms with van der Waals surface area (Å²) in [5.74, 6) is 0.595. The monoisotopic (exact) mass is 373 g/mol. The van der Waals surface area contributed by atoms with E-state index in [4.69, 9.17) is 4.74 Å². The standard InChI is InChI=1S/C20H27N3O4/c1-27-15-5-4-14-12-16(21-10-2-3-13(14)11-15)20(26)8-6-19(7-9-20)17(24)22-18(25)23-19/h4-5,11,16,21,26H,2-3,6-10,12H2,1H3,(H2,22,23,24,25)/t16-,19-,20-/m1/s1. The highest BCUT2D eigenvalue weighted by Crippen LogP contribution is 2.39. The second-order valence-corrected chi connectivity index (χ2v) is 8.04. The number of rotatable bonds is 2. The molecule has 3 amide bonds. The van der Waals surface area contributed by atoms with E-state index in [1.165, 1.54) is 11.1 Å². The van der Waals surface area contributed by atoms with Crippen LogP contribution in [0.25, 0.3) is 0 Å². The van der Waals surface area contributed by atoms with Gasteiger partial charge < -0.3 is 20.5 Å². The van der Waals surface area contributed by atoms with Gasteiger partial charge in [0.1, 0.15) is 11.3 Å². The minimum absolute atomic E-state index is 0.0811. The molecule has 1 aromatic carbocycles. The summed E-state index contributed by atoms with van der Waals surface area (Å²) in [6.07, 6.45) is 4.58. The van der Waals surface area contributed by atoms with Crippen LogP contribution in [0.4, 0.5) is 4.79 Å². The number of imide groups is 1. The van der Waals surface area contributed by atoms with E-state index in [0.29, 0.717) is 25.7 Å². The van der Waals surface area contributed by atoms with Crippen LogP contribution in [0.2, 0.25) is 0 Å². The SMILES string of the molecule is COc1ccc2c(c1)CCCN[C@@H]([C@]1(O)CC[C@@]3(CC1)NC(=O)NC3=O)C2. The van der Waals surface area contributed by atoms with Crippen molar-refractivity contribution >= 4 is 11.9 Å². The van der Waals surface area contributed by atoms with Crippen molar-refractivity contribution in [3.05, 3.63) is 29.3 Å². The van der Waals surface area contributed by atoms with E-state index in [1.807, 2.05) is 6.07 Å². The number of ether oxygens (including phenoxy) is 1. The zero-order valence-corrected chi connectivity index (χ0v) is 15.6. The molecule has 3 aliphatic rings. The van der Waals surface area contributed by atoms with Crippen LogP contribution < -0.4 is 20.7 Å². The molecule has 4 N–H and O–H groups in total. The van der Waals surface area contributed by atoms with Crippen LogP contribution >= 0.6 is 0 Å². The Hall–Kier alpha value is -2.12. The molecule has 1 aromatic rings. The van der Waals surface area contributed by atoms with Gasteiger partial charge in [0.05, 0.1) is 12.7 Å². The van der Waals surface area contributed by atoms with Gasteiger partial charge in [0.15, 0.2) is 0 Å². The van der Waals surface area contributed by atoms with Crippen molar-refractivity contribution in [2.75, 3.05) is 13.7 Å². The van der Waals surface area contributed by atoms with Gasteiger partial charge in [0, 0.05) is 6.04 Å². The first-order valence-electron chi connectivity index (χ1n) is 9.69. The number of carbonyl (C=O) groups is 2. The average Bonchev–Trinajstić information content (AvgIpc) is 2.91. The smallest absolute Gasteiger partial charge is 0.322 e. The Morgan fingerprint density at radius 1 is 1.15 bits per heavy atom. The number of methoxy groups -OCH3 is 1. The van der Waals surface area contributed by atoms with Crippen molar-refractivity contribution in [1.29, 1.82) is 0 Å². The van der Waals surface area contributed by atoms with E-state index in [9.17, 15) is 14.7 Å². The predicted octanol–water partition coefficient (Wildman–Crippen LogP) is 1.03. The fraction of sp³-hybridized carbons (Fsp3) is 0.600. The van der Waals surface area contributed by atoms with Crippen LogP contribution in [0.15, 0.2) is 18.2 Å². The quantitative estimate of drug-likeness (QED) is 0.580. The molecule has 7 heteroatoms. The average molecular weight is 373 g/mol. The number of aliphatic hydroxyl groups is 1. The fourth-order valence-electron chi connectivity index (χ4n) is 4.73. The maximum atomic E-state index is 12.2. The normalized spacial score (nSPS) is 33.6. The third-order valence-electron chi connectivity index (χ3n) is 6.48. The molecule has 2 fully saturated rings. The van der Waals surface area contributed by atoms with Crippen molar-refractivity contribution in [1.82, 2.24) is 16.0 Å². The number of hydrogen-bond donors (Lipinski definition) is 4. The zero-order chi connectivity index (χ0) is 19.1. The lowest BCUT2D eigenvalue weighted by molar-refractivity contribution is -0.128. The fourth-order valence-corrected chi connectivity index (χ4v) is 4.73. The first kappa shape index (κ1) is 18.3. The minimum atomic E-state index is -0.895. The summed E-state index contributed by atoms with van der Waals surface area (Å²) in [4.78, 5) is 23.7. The second-order valence-electron chi connectivity index (χ2n) is 8.04. The molecular formula is C20H27N3O4. The van der Waals surface area contributed by atoms with Crippen LogP contribution in [-0.4, -0.2) is 47.9 Å². The van der Waals surface area contributed by atoms with Crippen molar-refractivity contribution < 1.29 is 19.4 Å². The number of benzene rings is 1. The molecule has 0 bridgehead atoms. The van der Waals surface area contributed by atoms with Gasteiger partial charge in [-0.25, -0.2) is 4.79 Å². The van der Waals surface area contributed by atoms with E-state index < -0.39 is 17.2 Å². The zero-order valence-electron chi connectivity index (χ0n) is 15.6. The van der Waals surface area contributed by atoms with Crippen LogP contribution in [0.3, 0.4) is 0 Å². The van der Waals surface area contributed by atoms with E-state index in [2.05, 4.69) is 28.1 Å². The summed E-state index contributed by atoms with van der Waals surface area (Å²) in [5.41, 5.74) is 0.761. The van der Waals surface area contributed by atoms with Gasteiger partial charge in [0.2, 0.25) is 0 Å². The highest BCUT2D eigenvalue weighted by atomic mass is 16.5. The van der Waals surface area contributed by atoms with Gasteiger partial charge in [-0.3, -0.25) is 10.1 Å². The number of carbonyl (C=O) groups excluding carboxylic acids is 2. The maximum Gasteiger partial charge on any atom is 0.322 e. The molecular weight excluding hydrogens is 346 g/mol. The molecule has 0 unspecified atom stereocenters. The van der Waals surface area contributed by atoms with E-state index in [-0.39, 0.29) is 11.9 Å². The van der Waals surface area contributed by atoms with Gasteiger partial charge in [0.25, 0.3) is 5.91 Å². The third-order valence-corrected chi connectivity index (χ3v) is 6.48. The highest BCUT2D eigenvalue weighted by molar-refractivity contribution is 6.07. The first-order valence-corrected chi connectivity index (χ1v) is 9.69. The number of nitrogens with one attached hydrogen (secondary N) is 3. The summed E-state index contributed by atoms with van der Waals surface area (Å²) in [5, 5.41) is 20.0. The topological polar surface area (TPSA) is 99.7 Å². The molecule has 27 heavy (non-hydrogen) atoms. The van der Waals surface area contributed by atoms with Crippen LogP contribution in [-0.2, 0) is 17.6 Å². The maximum absolute atomic E-state index is 12.2. The number of urea groups is 1. The van der Waals surface area contributed by atoms with Crippen LogP contribution in [0, 0.1) is 0 Å². The lowest BCUT2D eigenvalue weighted by atomic mass is 9.69. The lowest BCUT2D eigenvalue weighted by Gasteiger charge is -2.45. The summed E-state index contributed by atoms with van der Waals surface area (Å²) in [6.45, 7) is 0.839. The van der Waals surface area contributed by atoms with E-state index >= 15 is 0 Å². The summed E-state index contributed by atoms with van der Waals surface area (Å²) in [6, 6.07) is 5.64. The summed E-state index contributed by atoms with van der Waals surface area (Å²) >= 11 is 0. The Balaban J connectivity index is 1.52. The Labute approximate surface area is 158 Å². The first-order chi connectivity index (χ1) is 12.9. The van der Waals surface area contributed by atoms with Gasteiger partial charge in [-0.15, -0.1) is 0 Å². The Bertz CT molecular complexity index is 756. The molecule has 0 radical (unpaired) electrons.